The molecule has 182 valence electrons. The summed E-state index contributed by atoms with van der Waals surface area (Å²) in [6.45, 7) is 11.5. The first-order chi connectivity index (χ1) is 13.7. The van der Waals surface area contributed by atoms with Gasteiger partial charge in [0.1, 0.15) is 23.1 Å². The first-order valence-electron chi connectivity index (χ1n) is 9.62. The van der Waals surface area contributed by atoms with Gasteiger partial charge < -0.3 is 25.1 Å². The number of hydrogen-bond donors (Lipinski definition) is 2. The first kappa shape index (κ1) is 35.7. The summed E-state index contributed by atoms with van der Waals surface area (Å²) in [5.41, 5.74) is 1.45. The van der Waals surface area contributed by atoms with Crippen molar-refractivity contribution in [3.8, 4) is 11.5 Å². The quantitative estimate of drug-likeness (QED) is 0.331. The number of phenolic OH excluding ortho intramolecular Hbond substituents is 2. The van der Waals surface area contributed by atoms with Crippen molar-refractivity contribution in [1.82, 2.24) is 0 Å². The van der Waals surface area contributed by atoms with Gasteiger partial charge in [0.25, 0.3) is 0 Å². The standard InChI is InChI=1S/2C12H16FNO.2CH3.Zr/c2*1-12(2,3)10-6-9(13)5-8(7-14-4)11(10)15;;;/h2*5-7,15H,1-4H3;2*1H3;/q;;2*-1;+2. The van der Waals surface area contributed by atoms with E-state index in [9.17, 15) is 19.0 Å². The Bertz CT molecular complexity index is 867. The molecule has 0 fully saturated rings. The Labute approximate surface area is 218 Å². The SMILES string of the molecule is CN=Cc1cc(F)cc(C(C)(C)C)c1O.CN=Cc1cc(F)cc(C(C)(C)C)c1O.[CH3-].[CH3-].[Zr+2]. The summed E-state index contributed by atoms with van der Waals surface area (Å²) < 4.78 is 26.6. The van der Waals surface area contributed by atoms with Gasteiger partial charge >= 0.3 is 26.2 Å². The Balaban J connectivity index is -0.000000500. The van der Waals surface area contributed by atoms with Crippen LogP contribution in [0.3, 0.4) is 0 Å². The van der Waals surface area contributed by atoms with Crippen molar-refractivity contribution in [2.75, 3.05) is 14.1 Å². The normalized spacial score (nSPS) is 11.2. The molecule has 0 aliphatic carbocycles. The van der Waals surface area contributed by atoms with Gasteiger partial charge in [-0.3, -0.25) is 9.98 Å². The molecule has 7 heteroatoms. The van der Waals surface area contributed by atoms with Crippen molar-refractivity contribution < 1.29 is 45.2 Å². The third-order valence-electron chi connectivity index (χ3n) is 4.36. The van der Waals surface area contributed by atoms with Crippen LogP contribution in [0.1, 0.15) is 63.8 Å². The van der Waals surface area contributed by atoms with Crippen LogP contribution in [-0.2, 0) is 37.0 Å². The molecule has 0 aliphatic heterocycles. The van der Waals surface area contributed by atoms with Gasteiger partial charge in [0.2, 0.25) is 0 Å². The summed E-state index contributed by atoms with van der Waals surface area (Å²) in [7, 11) is 3.17. The summed E-state index contributed by atoms with van der Waals surface area (Å²) in [5.74, 6) is -0.496. The van der Waals surface area contributed by atoms with E-state index in [-0.39, 0.29) is 75.0 Å². The average Bonchev–Trinajstić information content (AvgIpc) is 2.60. The molecule has 4 nitrogen and oxygen atoms in total. The number of nitrogens with zero attached hydrogens (tertiary/aromatic N) is 2. The molecule has 0 amide bonds. The van der Waals surface area contributed by atoms with Crippen molar-refractivity contribution >= 4 is 12.4 Å². The summed E-state index contributed by atoms with van der Waals surface area (Å²) in [5, 5.41) is 19.8. The second-order valence-electron chi connectivity index (χ2n) is 9.06. The van der Waals surface area contributed by atoms with E-state index in [0.717, 1.165) is 0 Å². The molecule has 0 aliphatic rings. The summed E-state index contributed by atoms with van der Waals surface area (Å²) >= 11 is 0. The Morgan fingerprint density at radius 1 is 0.667 bits per heavy atom. The number of halogens is 2. The first-order valence-corrected chi connectivity index (χ1v) is 9.62. The molecule has 0 radical (unpaired) electrons. The molecule has 0 saturated carbocycles. The van der Waals surface area contributed by atoms with E-state index in [1.54, 1.807) is 14.1 Å². The summed E-state index contributed by atoms with van der Waals surface area (Å²) in [4.78, 5) is 7.56. The van der Waals surface area contributed by atoms with Crippen LogP contribution in [0.25, 0.3) is 0 Å². The minimum absolute atomic E-state index is 0. The number of phenols is 2. The van der Waals surface area contributed by atoms with Gasteiger partial charge in [-0.25, -0.2) is 8.78 Å². The molecule has 2 rings (SSSR count). The van der Waals surface area contributed by atoms with Crippen LogP contribution in [0.5, 0.6) is 11.5 Å². The van der Waals surface area contributed by atoms with Crippen molar-refractivity contribution in [3.05, 3.63) is 73.0 Å². The molecule has 2 aromatic carbocycles. The molecular weight excluding hydrogens is 502 g/mol. The fourth-order valence-corrected chi connectivity index (χ4v) is 2.86. The number of hydrogen-bond acceptors (Lipinski definition) is 4. The van der Waals surface area contributed by atoms with Gasteiger partial charge in [-0.15, -0.1) is 0 Å². The monoisotopic (exact) mass is 538 g/mol. The van der Waals surface area contributed by atoms with E-state index < -0.39 is 0 Å². The van der Waals surface area contributed by atoms with Gasteiger partial charge in [-0.05, 0) is 35.1 Å². The molecule has 0 aromatic heterocycles. The molecule has 0 bridgehead atoms. The van der Waals surface area contributed by atoms with E-state index in [1.807, 2.05) is 41.5 Å². The Hall–Kier alpha value is -1.88. The second kappa shape index (κ2) is 14.4. The molecule has 0 spiro atoms. The van der Waals surface area contributed by atoms with Crippen molar-refractivity contribution in [2.45, 2.75) is 52.4 Å². The zero-order chi connectivity index (χ0) is 23.3. The van der Waals surface area contributed by atoms with Crippen LogP contribution in [0.15, 0.2) is 34.3 Å². The number of benzene rings is 2. The topological polar surface area (TPSA) is 65.2 Å². The second-order valence-corrected chi connectivity index (χ2v) is 9.06. The third-order valence-corrected chi connectivity index (χ3v) is 4.36. The Kier molecular flexibility index (Phi) is 15.6. The van der Waals surface area contributed by atoms with E-state index in [2.05, 4.69) is 9.98 Å². The zero-order valence-corrected chi connectivity index (χ0v) is 24.0. The predicted octanol–water partition coefficient (Wildman–Crippen LogP) is 6.65. The van der Waals surface area contributed by atoms with E-state index in [4.69, 9.17) is 0 Å². The molecule has 0 atom stereocenters. The molecule has 2 N–H and O–H groups in total. The smallest absolute Gasteiger partial charge is 0.507 e. The van der Waals surface area contributed by atoms with Crippen LogP contribution in [-0.4, -0.2) is 36.7 Å². The maximum atomic E-state index is 13.3. The average molecular weight is 540 g/mol. The molecule has 33 heavy (non-hydrogen) atoms. The predicted molar refractivity (Wildman–Crippen MR) is 133 cm³/mol. The molecule has 2 aromatic rings. The fourth-order valence-electron chi connectivity index (χ4n) is 2.86. The zero-order valence-electron chi connectivity index (χ0n) is 21.5. The number of rotatable bonds is 2. The largest absolute Gasteiger partial charge is 2.00 e. The molecule has 0 unspecified atom stereocenters. The van der Waals surface area contributed by atoms with Crippen LogP contribution in [0.2, 0.25) is 0 Å². The van der Waals surface area contributed by atoms with Crippen LogP contribution in [0, 0.1) is 26.5 Å². The van der Waals surface area contributed by atoms with Gasteiger partial charge in [0.05, 0.1) is 0 Å². The summed E-state index contributed by atoms with van der Waals surface area (Å²) in [6, 6.07) is 5.28. The maximum absolute atomic E-state index is 13.3. The Morgan fingerprint density at radius 3 is 1.15 bits per heavy atom. The van der Waals surface area contributed by atoms with Crippen LogP contribution >= 0.6 is 0 Å². The molecule has 0 heterocycles. The number of aromatic hydroxyl groups is 2. The summed E-state index contributed by atoms with van der Waals surface area (Å²) in [6.07, 6.45) is 2.90. The minimum Gasteiger partial charge on any atom is -0.507 e. The van der Waals surface area contributed by atoms with Crippen molar-refractivity contribution in [2.24, 2.45) is 9.98 Å². The van der Waals surface area contributed by atoms with E-state index in [0.29, 0.717) is 22.3 Å². The molecular formula is C26H38F2N2O2Zr. The maximum Gasteiger partial charge on any atom is 2.00 e. The number of aliphatic imine (C=N–C) groups is 2. The van der Waals surface area contributed by atoms with Gasteiger partial charge in [0, 0.05) is 48.8 Å². The fraction of sp³-hybridized carbons (Fsp3) is 0.385. The molecule has 0 saturated heterocycles. The van der Waals surface area contributed by atoms with Gasteiger partial charge in [-0.1, -0.05) is 41.5 Å². The van der Waals surface area contributed by atoms with Crippen molar-refractivity contribution in [3.63, 3.8) is 0 Å². The van der Waals surface area contributed by atoms with Gasteiger partial charge in [-0.2, -0.15) is 0 Å². The van der Waals surface area contributed by atoms with Crippen molar-refractivity contribution in [1.29, 1.82) is 0 Å². The minimum atomic E-state index is -0.354. The Morgan fingerprint density at radius 2 is 0.939 bits per heavy atom. The van der Waals surface area contributed by atoms with E-state index in [1.165, 1.54) is 36.7 Å². The van der Waals surface area contributed by atoms with E-state index >= 15 is 0 Å². The van der Waals surface area contributed by atoms with Gasteiger partial charge in [0.15, 0.2) is 0 Å². The van der Waals surface area contributed by atoms with Crippen LogP contribution in [0.4, 0.5) is 8.78 Å². The third kappa shape index (κ3) is 10.3. The van der Waals surface area contributed by atoms with Crippen LogP contribution < -0.4 is 0 Å².